The molecule has 0 bridgehead atoms. The Kier molecular flexibility index (Phi) is 3.40. The third kappa shape index (κ3) is 2.06. The standard InChI is InChI=1S/C13H13ClFN5/c1-2-19-8-16-18-12(19)7-20-10-5-3-4-9(15)13(10)17-11(20)6-14/h3-5,8H,2,6-7H2,1H3. The van der Waals surface area contributed by atoms with Crippen molar-refractivity contribution in [1.82, 2.24) is 24.3 Å². The molecule has 3 rings (SSSR count). The Labute approximate surface area is 120 Å². The van der Waals surface area contributed by atoms with Crippen molar-refractivity contribution in [1.29, 1.82) is 0 Å². The fraction of sp³-hybridized carbons (Fsp3) is 0.308. The maximum atomic E-state index is 13.8. The van der Waals surface area contributed by atoms with Gasteiger partial charge < -0.3 is 9.13 Å². The van der Waals surface area contributed by atoms with Gasteiger partial charge in [-0.1, -0.05) is 6.07 Å². The van der Waals surface area contributed by atoms with E-state index >= 15 is 0 Å². The first-order chi connectivity index (χ1) is 9.74. The molecular weight excluding hydrogens is 281 g/mol. The van der Waals surface area contributed by atoms with Crippen LogP contribution in [0.3, 0.4) is 0 Å². The summed E-state index contributed by atoms with van der Waals surface area (Å²) in [5.74, 6) is 1.29. The lowest BCUT2D eigenvalue weighted by Gasteiger charge is -2.08. The predicted molar refractivity (Wildman–Crippen MR) is 74.0 cm³/mol. The van der Waals surface area contributed by atoms with Crippen LogP contribution in [-0.4, -0.2) is 24.3 Å². The van der Waals surface area contributed by atoms with Gasteiger partial charge in [0.1, 0.15) is 17.7 Å². The highest BCUT2D eigenvalue weighted by Crippen LogP contribution is 2.21. The topological polar surface area (TPSA) is 48.5 Å². The quantitative estimate of drug-likeness (QED) is 0.695. The smallest absolute Gasteiger partial charge is 0.152 e. The van der Waals surface area contributed by atoms with Crippen molar-refractivity contribution < 1.29 is 4.39 Å². The number of fused-ring (bicyclic) bond motifs is 1. The van der Waals surface area contributed by atoms with Gasteiger partial charge in [0.05, 0.1) is 17.9 Å². The highest BCUT2D eigenvalue weighted by Gasteiger charge is 2.15. The van der Waals surface area contributed by atoms with Gasteiger partial charge in [-0.25, -0.2) is 9.37 Å². The largest absolute Gasteiger partial charge is 0.319 e. The zero-order chi connectivity index (χ0) is 14.1. The van der Waals surface area contributed by atoms with E-state index in [1.807, 2.05) is 22.1 Å². The number of hydrogen-bond donors (Lipinski definition) is 0. The van der Waals surface area contributed by atoms with Crippen molar-refractivity contribution in [2.24, 2.45) is 0 Å². The normalized spacial score (nSPS) is 11.3. The fourth-order valence-electron chi connectivity index (χ4n) is 2.25. The fourth-order valence-corrected chi connectivity index (χ4v) is 2.45. The molecule has 0 aliphatic carbocycles. The number of nitrogens with zero attached hydrogens (tertiary/aromatic N) is 5. The van der Waals surface area contributed by atoms with E-state index in [1.54, 1.807) is 12.4 Å². The molecule has 0 saturated heterocycles. The minimum absolute atomic E-state index is 0.217. The SMILES string of the molecule is CCn1cnnc1Cn1c(CCl)nc2c(F)cccc21. The average molecular weight is 294 g/mol. The highest BCUT2D eigenvalue weighted by molar-refractivity contribution is 6.16. The van der Waals surface area contributed by atoms with Crippen LogP contribution >= 0.6 is 11.6 Å². The Hall–Kier alpha value is -1.95. The summed E-state index contributed by atoms with van der Waals surface area (Å²) in [5.41, 5.74) is 1.05. The van der Waals surface area contributed by atoms with Crippen molar-refractivity contribution in [3.63, 3.8) is 0 Å². The zero-order valence-corrected chi connectivity index (χ0v) is 11.7. The molecule has 5 nitrogen and oxygen atoms in total. The molecule has 20 heavy (non-hydrogen) atoms. The summed E-state index contributed by atoms with van der Waals surface area (Å²) in [5, 5.41) is 7.99. The van der Waals surface area contributed by atoms with E-state index in [-0.39, 0.29) is 11.7 Å². The molecule has 0 unspecified atom stereocenters. The van der Waals surface area contributed by atoms with Gasteiger partial charge in [0.2, 0.25) is 0 Å². The number of benzene rings is 1. The van der Waals surface area contributed by atoms with Gasteiger partial charge in [-0.3, -0.25) is 0 Å². The molecule has 2 aromatic heterocycles. The molecule has 0 atom stereocenters. The van der Waals surface area contributed by atoms with Crippen molar-refractivity contribution in [2.45, 2.75) is 25.9 Å². The predicted octanol–water partition coefficient (Wildman–Crippen LogP) is 2.57. The van der Waals surface area contributed by atoms with Crippen LogP contribution in [0.5, 0.6) is 0 Å². The molecular formula is C13H13ClFN5. The summed E-state index contributed by atoms with van der Waals surface area (Å²) in [7, 11) is 0. The summed E-state index contributed by atoms with van der Waals surface area (Å²) >= 11 is 5.92. The van der Waals surface area contributed by atoms with Gasteiger partial charge in [-0.2, -0.15) is 0 Å². The maximum absolute atomic E-state index is 13.8. The minimum atomic E-state index is -0.343. The van der Waals surface area contributed by atoms with Crippen molar-refractivity contribution in [3.8, 4) is 0 Å². The van der Waals surface area contributed by atoms with Crippen LogP contribution in [0.15, 0.2) is 24.5 Å². The van der Waals surface area contributed by atoms with Crippen molar-refractivity contribution in [3.05, 3.63) is 42.0 Å². The molecule has 0 aliphatic rings. The lowest BCUT2D eigenvalue weighted by Crippen LogP contribution is -2.09. The summed E-state index contributed by atoms with van der Waals surface area (Å²) in [6, 6.07) is 4.89. The first-order valence-corrected chi connectivity index (χ1v) is 6.84. The summed E-state index contributed by atoms with van der Waals surface area (Å²) in [6.45, 7) is 3.26. The van der Waals surface area contributed by atoms with Crippen LogP contribution in [0, 0.1) is 5.82 Å². The van der Waals surface area contributed by atoms with Crippen molar-refractivity contribution >= 4 is 22.6 Å². The molecule has 0 amide bonds. The summed E-state index contributed by atoms with van der Waals surface area (Å²) in [6.07, 6.45) is 1.68. The number of alkyl halides is 1. The van der Waals surface area contributed by atoms with Gasteiger partial charge in [-0.15, -0.1) is 21.8 Å². The summed E-state index contributed by atoms with van der Waals surface area (Å²) < 4.78 is 17.6. The Balaban J connectivity index is 2.13. The number of rotatable bonds is 4. The molecule has 104 valence electrons. The lowest BCUT2D eigenvalue weighted by molar-refractivity contribution is 0.637. The van der Waals surface area contributed by atoms with E-state index in [1.165, 1.54) is 6.07 Å². The highest BCUT2D eigenvalue weighted by atomic mass is 35.5. The van der Waals surface area contributed by atoms with E-state index in [2.05, 4.69) is 15.2 Å². The monoisotopic (exact) mass is 293 g/mol. The summed E-state index contributed by atoms with van der Waals surface area (Å²) in [4.78, 5) is 4.27. The van der Waals surface area contributed by atoms with Gasteiger partial charge in [0.25, 0.3) is 0 Å². The Bertz CT molecular complexity index is 748. The second-order valence-corrected chi connectivity index (χ2v) is 4.66. The van der Waals surface area contributed by atoms with Crippen molar-refractivity contribution in [2.75, 3.05) is 0 Å². The number of imidazole rings is 1. The molecule has 7 heteroatoms. The molecule has 0 fully saturated rings. The number of aromatic nitrogens is 5. The van der Waals surface area contributed by atoms with E-state index in [0.29, 0.717) is 23.4 Å². The van der Waals surface area contributed by atoms with E-state index < -0.39 is 0 Å². The van der Waals surface area contributed by atoms with Gasteiger partial charge in [0.15, 0.2) is 11.6 Å². The van der Waals surface area contributed by atoms with Crippen LogP contribution in [0.4, 0.5) is 4.39 Å². The van der Waals surface area contributed by atoms with Crippen LogP contribution < -0.4 is 0 Å². The second kappa shape index (κ2) is 5.20. The molecule has 3 aromatic rings. The molecule has 0 N–H and O–H groups in total. The Morgan fingerprint density at radius 3 is 2.90 bits per heavy atom. The molecule has 0 radical (unpaired) electrons. The molecule has 2 heterocycles. The van der Waals surface area contributed by atoms with Crippen LogP contribution in [0.2, 0.25) is 0 Å². The number of halogens is 2. The third-order valence-corrected chi connectivity index (χ3v) is 3.50. The third-order valence-electron chi connectivity index (χ3n) is 3.26. The average Bonchev–Trinajstić information content (AvgIpc) is 3.05. The van der Waals surface area contributed by atoms with Crippen LogP contribution in [-0.2, 0) is 19.0 Å². The van der Waals surface area contributed by atoms with Gasteiger partial charge in [-0.05, 0) is 19.1 Å². The Morgan fingerprint density at radius 2 is 2.15 bits per heavy atom. The zero-order valence-electron chi connectivity index (χ0n) is 10.9. The molecule has 0 spiro atoms. The van der Waals surface area contributed by atoms with Crippen LogP contribution in [0.25, 0.3) is 11.0 Å². The molecule has 0 saturated carbocycles. The molecule has 1 aromatic carbocycles. The Morgan fingerprint density at radius 1 is 1.30 bits per heavy atom. The van der Waals surface area contributed by atoms with E-state index in [0.717, 1.165) is 12.4 Å². The minimum Gasteiger partial charge on any atom is -0.319 e. The van der Waals surface area contributed by atoms with E-state index in [4.69, 9.17) is 11.6 Å². The first kappa shape index (κ1) is 13.1. The number of aryl methyl sites for hydroxylation is 1. The van der Waals surface area contributed by atoms with Gasteiger partial charge >= 0.3 is 0 Å². The number of para-hydroxylation sites is 1. The van der Waals surface area contributed by atoms with Gasteiger partial charge in [0, 0.05) is 6.54 Å². The lowest BCUT2D eigenvalue weighted by atomic mass is 10.3. The maximum Gasteiger partial charge on any atom is 0.152 e. The molecule has 0 aliphatic heterocycles. The second-order valence-electron chi connectivity index (χ2n) is 4.39. The first-order valence-electron chi connectivity index (χ1n) is 6.30. The van der Waals surface area contributed by atoms with E-state index in [9.17, 15) is 4.39 Å². The van der Waals surface area contributed by atoms with Crippen LogP contribution in [0.1, 0.15) is 18.6 Å². The number of hydrogen-bond acceptors (Lipinski definition) is 3.